The average Bonchev–Trinajstić information content (AvgIpc) is 3.28. The van der Waals surface area contributed by atoms with E-state index in [0.717, 1.165) is 0 Å². The molecule has 7 heteroatoms. The molecule has 0 bridgehead atoms. The molecule has 0 radical (unpaired) electrons. The molecule has 0 N–H and O–H groups in total. The number of carbonyl (C=O) groups excluding carboxylic acids is 3. The molecule has 2 aliphatic rings. The van der Waals surface area contributed by atoms with E-state index < -0.39 is 28.6 Å². The number of esters is 2. The summed E-state index contributed by atoms with van der Waals surface area (Å²) >= 11 is 0. The minimum atomic E-state index is -1.87. The van der Waals surface area contributed by atoms with Gasteiger partial charge in [0.05, 0.1) is 14.2 Å². The van der Waals surface area contributed by atoms with Crippen LogP contribution in [0.4, 0.5) is 5.69 Å². The zero-order valence-electron chi connectivity index (χ0n) is 19.5. The smallest absolute Gasteiger partial charge is 0.344 e. The molecule has 5 rings (SSSR count). The lowest BCUT2D eigenvalue weighted by molar-refractivity contribution is -0.205. The van der Waals surface area contributed by atoms with E-state index >= 15 is 0 Å². The summed E-state index contributed by atoms with van der Waals surface area (Å²) in [4.78, 5) is 42.8. The van der Waals surface area contributed by atoms with Crippen LogP contribution in [-0.4, -0.2) is 38.6 Å². The lowest BCUT2D eigenvalue weighted by Gasteiger charge is -2.52. The van der Waals surface area contributed by atoms with Crippen molar-refractivity contribution in [3.8, 4) is 0 Å². The van der Waals surface area contributed by atoms with Crippen LogP contribution in [0.1, 0.15) is 17.5 Å². The average molecular weight is 472 g/mol. The van der Waals surface area contributed by atoms with Gasteiger partial charge in [-0.05, 0) is 23.3 Å². The van der Waals surface area contributed by atoms with Crippen LogP contribution >= 0.6 is 0 Å². The van der Waals surface area contributed by atoms with E-state index in [-0.39, 0.29) is 18.9 Å². The first-order valence-corrected chi connectivity index (χ1v) is 11.3. The first-order valence-electron chi connectivity index (χ1n) is 11.3. The third-order valence-corrected chi connectivity index (χ3v) is 7.11. The molecule has 3 aromatic carbocycles. The van der Waals surface area contributed by atoms with Crippen molar-refractivity contribution < 1.29 is 28.6 Å². The number of amides is 1. The number of rotatable bonds is 5. The standard InChI is InChI=1S/C28H25NO6/c1-33-24(31)27(20-12-6-3-7-13-20)18-26(19-29(23(26)30)22-16-10-5-11-17-22)28(35-27,25(32)34-2)21-14-8-4-9-15-21/h3-17H,18-19H2,1-2H3/t26-,27-,28+/m0/s1. The molecule has 2 fully saturated rings. The summed E-state index contributed by atoms with van der Waals surface area (Å²) in [5, 5.41) is 0. The Balaban J connectivity index is 1.76. The van der Waals surface area contributed by atoms with Crippen LogP contribution in [0.2, 0.25) is 0 Å². The molecule has 3 atom stereocenters. The van der Waals surface area contributed by atoms with Crippen molar-refractivity contribution in [3.63, 3.8) is 0 Å². The Morgan fingerprint density at radius 3 is 1.80 bits per heavy atom. The molecule has 0 aliphatic carbocycles. The Hall–Kier alpha value is -3.97. The van der Waals surface area contributed by atoms with E-state index in [1.54, 1.807) is 59.5 Å². The van der Waals surface area contributed by atoms with Gasteiger partial charge in [0, 0.05) is 18.7 Å². The summed E-state index contributed by atoms with van der Waals surface area (Å²) in [5.74, 6) is -1.75. The summed E-state index contributed by atoms with van der Waals surface area (Å²) < 4.78 is 17.1. The van der Waals surface area contributed by atoms with Crippen LogP contribution in [0.25, 0.3) is 0 Å². The summed E-state index contributed by atoms with van der Waals surface area (Å²) in [5.41, 5.74) is -3.33. The highest BCUT2D eigenvalue weighted by molar-refractivity contribution is 6.10. The Morgan fingerprint density at radius 1 is 0.771 bits per heavy atom. The predicted molar refractivity (Wildman–Crippen MR) is 127 cm³/mol. The summed E-state index contributed by atoms with van der Waals surface area (Å²) in [6.45, 7) is 0.158. The molecule has 1 amide bonds. The van der Waals surface area contributed by atoms with Crippen molar-refractivity contribution >= 4 is 23.5 Å². The summed E-state index contributed by atoms with van der Waals surface area (Å²) in [6.07, 6.45) is -0.0805. The van der Waals surface area contributed by atoms with Gasteiger partial charge in [0.25, 0.3) is 0 Å². The molecule has 2 saturated heterocycles. The van der Waals surface area contributed by atoms with Crippen LogP contribution in [0.3, 0.4) is 0 Å². The Morgan fingerprint density at radius 2 is 1.29 bits per heavy atom. The van der Waals surface area contributed by atoms with Crippen LogP contribution in [0.15, 0.2) is 91.0 Å². The summed E-state index contributed by atoms with van der Waals surface area (Å²) in [6, 6.07) is 26.8. The van der Waals surface area contributed by atoms with Gasteiger partial charge in [-0.3, -0.25) is 4.79 Å². The minimum Gasteiger partial charge on any atom is -0.467 e. The predicted octanol–water partition coefficient (Wildman–Crippen LogP) is 3.58. The monoisotopic (exact) mass is 471 g/mol. The van der Waals surface area contributed by atoms with E-state index in [4.69, 9.17) is 14.2 Å². The van der Waals surface area contributed by atoms with Gasteiger partial charge in [-0.25, -0.2) is 9.59 Å². The largest absolute Gasteiger partial charge is 0.467 e. The van der Waals surface area contributed by atoms with E-state index in [2.05, 4.69) is 0 Å². The third-order valence-electron chi connectivity index (χ3n) is 7.11. The molecule has 1 spiro atoms. The quantitative estimate of drug-likeness (QED) is 0.418. The second kappa shape index (κ2) is 8.36. The van der Waals surface area contributed by atoms with Gasteiger partial charge in [0.2, 0.25) is 11.5 Å². The Labute approximate surface area is 203 Å². The number of benzene rings is 3. The lowest BCUT2D eigenvalue weighted by Crippen LogP contribution is -2.70. The van der Waals surface area contributed by atoms with Gasteiger partial charge in [0.1, 0.15) is 5.41 Å². The van der Waals surface area contributed by atoms with E-state index in [0.29, 0.717) is 16.8 Å². The highest BCUT2D eigenvalue weighted by Gasteiger charge is 2.80. The second-order valence-electron chi connectivity index (χ2n) is 8.81. The molecule has 0 saturated carbocycles. The fraction of sp³-hybridized carbons (Fsp3) is 0.250. The van der Waals surface area contributed by atoms with Gasteiger partial charge >= 0.3 is 11.9 Å². The zero-order valence-corrected chi connectivity index (χ0v) is 19.5. The normalized spacial score (nSPS) is 27.4. The van der Waals surface area contributed by atoms with Crippen LogP contribution in [0.5, 0.6) is 0 Å². The van der Waals surface area contributed by atoms with Crippen molar-refractivity contribution in [2.45, 2.75) is 17.6 Å². The number of nitrogens with zero attached hydrogens (tertiary/aromatic N) is 1. The van der Waals surface area contributed by atoms with E-state index in [1.165, 1.54) is 14.2 Å². The summed E-state index contributed by atoms with van der Waals surface area (Å²) in [7, 11) is 2.52. The van der Waals surface area contributed by atoms with Crippen molar-refractivity contribution in [3.05, 3.63) is 102 Å². The fourth-order valence-electron chi connectivity index (χ4n) is 5.50. The molecular weight excluding hydrogens is 446 g/mol. The molecule has 3 aromatic rings. The molecule has 7 nitrogen and oxygen atoms in total. The minimum absolute atomic E-state index is 0.0805. The number of β-lactam (4-membered cyclic amide) rings is 1. The SMILES string of the molecule is COC(=O)[C@@]1(c2ccccc2)C[C@@]2(CN(c3ccccc3)C2=O)[C@](C(=O)OC)(c2ccccc2)O1. The molecule has 0 unspecified atom stereocenters. The zero-order chi connectivity index (χ0) is 24.7. The first kappa shape index (κ1) is 22.8. The molecule has 0 aromatic heterocycles. The van der Waals surface area contributed by atoms with Gasteiger partial charge in [0.15, 0.2) is 5.60 Å². The number of ether oxygens (including phenoxy) is 3. The van der Waals surface area contributed by atoms with Gasteiger partial charge in [-0.15, -0.1) is 0 Å². The van der Waals surface area contributed by atoms with Crippen LogP contribution < -0.4 is 4.90 Å². The Kier molecular flexibility index (Phi) is 5.44. The third kappa shape index (κ3) is 3.04. The van der Waals surface area contributed by atoms with Crippen molar-refractivity contribution in [2.75, 3.05) is 25.7 Å². The topological polar surface area (TPSA) is 82.1 Å². The molecule has 35 heavy (non-hydrogen) atoms. The fourth-order valence-corrected chi connectivity index (χ4v) is 5.50. The van der Waals surface area contributed by atoms with Gasteiger partial charge in [-0.1, -0.05) is 78.9 Å². The van der Waals surface area contributed by atoms with E-state index in [9.17, 15) is 14.4 Å². The van der Waals surface area contributed by atoms with Crippen molar-refractivity contribution in [1.82, 2.24) is 0 Å². The highest BCUT2D eigenvalue weighted by atomic mass is 16.6. The number of hydrogen-bond acceptors (Lipinski definition) is 6. The molecule has 2 aliphatic heterocycles. The van der Waals surface area contributed by atoms with Crippen molar-refractivity contribution in [1.29, 1.82) is 0 Å². The van der Waals surface area contributed by atoms with Crippen LogP contribution in [-0.2, 0) is 39.8 Å². The number of carbonyl (C=O) groups is 3. The molecular formula is C28H25NO6. The Bertz CT molecular complexity index is 1260. The molecule has 178 valence electrons. The van der Waals surface area contributed by atoms with Crippen LogP contribution in [0, 0.1) is 5.41 Å². The second-order valence-corrected chi connectivity index (χ2v) is 8.81. The first-order chi connectivity index (χ1) is 16.9. The maximum absolute atomic E-state index is 14.1. The van der Waals surface area contributed by atoms with Crippen molar-refractivity contribution in [2.24, 2.45) is 5.41 Å². The maximum atomic E-state index is 14.1. The number of hydrogen-bond donors (Lipinski definition) is 0. The van der Waals surface area contributed by atoms with E-state index in [1.807, 2.05) is 36.4 Å². The number of anilines is 1. The van der Waals surface area contributed by atoms with Gasteiger partial charge < -0.3 is 19.1 Å². The number of methoxy groups -OCH3 is 2. The van der Waals surface area contributed by atoms with Gasteiger partial charge in [-0.2, -0.15) is 0 Å². The maximum Gasteiger partial charge on any atom is 0.344 e. The number of para-hydroxylation sites is 1. The highest BCUT2D eigenvalue weighted by Crippen LogP contribution is 2.65. The molecule has 2 heterocycles. The lowest BCUT2D eigenvalue weighted by atomic mass is 9.60.